The van der Waals surface area contributed by atoms with E-state index in [2.05, 4.69) is 10.6 Å². The highest BCUT2D eigenvalue weighted by atomic mass is 16.3. The lowest BCUT2D eigenvalue weighted by Crippen LogP contribution is -2.29. The zero-order valence-corrected chi connectivity index (χ0v) is 9.02. The number of rotatable bonds is 6. The Morgan fingerprint density at radius 1 is 1.38 bits per heavy atom. The summed E-state index contributed by atoms with van der Waals surface area (Å²) in [6, 6.07) is 9.39. The van der Waals surface area contributed by atoms with Crippen LogP contribution in [0.2, 0.25) is 6.32 Å². The van der Waals surface area contributed by atoms with Gasteiger partial charge in [-0.05, 0) is 18.5 Å². The first-order chi connectivity index (χ1) is 7.72. The third-order valence-electron chi connectivity index (χ3n) is 2.03. The van der Waals surface area contributed by atoms with Crippen LogP contribution in [0.5, 0.6) is 0 Å². The van der Waals surface area contributed by atoms with Crippen LogP contribution in [-0.4, -0.2) is 31.6 Å². The molecule has 16 heavy (non-hydrogen) atoms. The molecule has 1 rings (SSSR count). The number of carbonyl (C=O) groups is 1. The van der Waals surface area contributed by atoms with Gasteiger partial charge in [0.15, 0.2) is 0 Å². The van der Waals surface area contributed by atoms with Gasteiger partial charge in [-0.3, -0.25) is 4.79 Å². The minimum absolute atomic E-state index is 0.0256. The largest absolute Gasteiger partial charge is 0.374 e. The summed E-state index contributed by atoms with van der Waals surface area (Å²) in [6.07, 6.45) is -0.275. The maximum absolute atomic E-state index is 10.8. The predicted molar refractivity (Wildman–Crippen MR) is 64.3 cm³/mol. The number of nitrogens with one attached hydrogen (secondary N) is 2. The molecule has 0 spiro atoms. The summed E-state index contributed by atoms with van der Waals surface area (Å²) in [5, 5.41) is 15.1. The molecule has 0 saturated carbocycles. The Kier molecular flexibility index (Phi) is 5.43. The van der Waals surface area contributed by atoms with E-state index in [1.54, 1.807) is 0 Å². The van der Waals surface area contributed by atoms with Crippen LogP contribution in [0.1, 0.15) is 6.42 Å². The van der Waals surface area contributed by atoms with E-state index in [1.165, 1.54) is 0 Å². The minimum Gasteiger partial charge on any atom is -0.374 e. The standard InChI is InChI=1S/C11H15BN2O2/c12-8-11(16)13-7-6-10(15)14-9-4-2-1-3-5-9/h1-5,10,14-15H,6-8H2,(H,13,16). The van der Waals surface area contributed by atoms with Gasteiger partial charge in [-0.15, -0.1) is 0 Å². The SMILES string of the molecule is [B]CC(=O)NCCC(O)Nc1ccccc1. The van der Waals surface area contributed by atoms with Crippen molar-refractivity contribution in [3.05, 3.63) is 30.3 Å². The smallest absolute Gasteiger partial charge is 0.211 e. The second kappa shape index (κ2) is 6.90. The normalized spacial score (nSPS) is 11.8. The fourth-order valence-electron chi connectivity index (χ4n) is 1.22. The van der Waals surface area contributed by atoms with Crippen LogP contribution in [0, 0.1) is 0 Å². The third kappa shape index (κ3) is 4.84. The molecule has 4 nitrogen and oxygen atoms in total. The van der Waals surface area contributed by atoms with Crippen molar-refractivity contribution in [2.75, 3.05) is 11.9 Å². The molecule has 0 heterocycles. The number of anilines is 1. The van der Waals surface area contributed by atoms with Gasteiger partial charge in [0, 0.05) is 18.7 Å². The number of aliphatic hydroxyl groups excluding tert-OH is 1. The first-order valence-corrected chi connectivity index (χ1v) is 5.19. The zero-order chi connectivity index (χ0) is 11.8. The van der Waals surface area contributed by atoms with Gasteiger partial charge < -0.3 is 15.7 Å². The first-order valence-electron chi connectivity index (χ1n) is 5.19. The molecule has 1 amide bonds. The lowest BCUT2D eigenvalue weighted by atomic mass is 10.1. The maximum atomic E-state index is 10.8. The van der Waals surface area contributed by atoms with Gasteiger partial charge in [-0.25, -0.2) is 0 Å². The molecule has 0 aliphatic heterocycles. The Balaban J connectivity index is 2.21. The predicted octanol–water partition coefficient (Wildman–Crippen LogP) is 0.510. The summed E-state index contributed by atoms with van der Waals surface area (Å²) in [4.78, 5) is 10.8. The van der Waals surface area contributed by atoms with Crippen molar-refractivity contribution < 1.29 is 9.90 Å². The summed E-state index contributed by atoms with van der Waals surface area (Å²) in [7, 11) is 5.12. The highest BCUT2D eigenvalue weighted by molar-refractivity contribution is 6.19. The van der Waals surface area contributed by atoms with Crippen LogP contribution in [0.3, 0.4) is 0 Å². The summed E-state index contributed by atoms with van der Waals surface area (Å²) in [5.41, 5.74) is 0.847. The van der Waals surface area contributed by atoms with Gasteiger partial charge in [-0.2, -0.15) is 0 Å². The third-order valence-corrected chi connectivity index (χ3v) is 2.03. The number of hydrogen-bond donors (Lipinski definition) is 3. The van der Waals surface area contributed by atoms with E-state index >= 15 is 0 Å². The van der Waals surface area contributed by atoms with Crippen LogP contribution < -0.4 is 10.6 Å². The van der Waals surface area contributed by atoms with E-state index in [0.29, 0.717) is 13.0 Å². The summed E-state index contributed by atoms with van der Waals surface area (Å²) >= 11 is 0. The molecule has 5 heteroatoms. The van der Waals surface area contributed by atoms with Gasteiger partial charge in [0.25, 0.3) is 0 Å². The quantitative estimate of drug-likeness (QED) is 0.481. The molecule has 0 aliphatic carbocycles. The number of benzene rings is 1. The molecule has 1 unspecified atom stereocenters. The van der Waals surface area contributed by atoms with Gasteiger partial charge >= 0.3 is 0 Å². The van der Waals surface area contributed by atoms with Crippen molar-refractivity contribution in [3.63, 3.8) is 0 Å². The maximum Gasteiger partial charge on any atom is 0.211 e. The van der Waals surface area contributed by atoms with Crippen molar-refractivity contribution in [1.29, 1.82) is 0 Å². The second-order valence-corrected chi connectivity index (χ2v) is 3.37. The Morgan fingerprint density at radius 2 is 2.06 bits per heavy atom. The molecular formula is C11H15BN2O2. The molecule has 0 saturated heterocycles. The Hall–Kier alpha value is -1.49. The number of aliphatic hydroxyl groups is 1. The fourth-order valence-corrected chi connectivity index (χ4v) is 1.22. The van der Waals surface area contributed by atoms with Crippen molar-refractivity contribution >= 4 is 19.4 Å². The molecule has 3 N–H and O–H groups in total. The molecule has 84 valence electrons. The molecule has 0 fully saturated rings. The molecule has 2 radical (unpaired) electrons. The van der Waals surface area contributed by atoms with Crippen LogP contribution in [0.15, 0.2) is 30.3 Å². The van der Waals surface area contributed by atoms with E-state index in [1.807, 2.05) is 30.3 Å². The molecule has 1 aromatic rings. The van der Waals surface area contributed by atoms with Crippen LogP contribution in [0.25, 0.3) is 0 Å². The topological polar surface area (TPSA) is 61.4 Å². The van der Waals surface area contributed by atoms with E-state index in [-0.39, 0.29) is 12.2 Å². The number of carbonyl (C=O) groups excluding carboxylic acids is 1. The Bertz CT molecular complexity index is 319. The number of hydrogen-bond acceptors (Lipinski definition) is 3. The lowest BCUT2D eigenvalue weighted by Gasteiger charge is -2.14. The average Bonchev–Trinajstić information content (AvgIpc) is 2.30. The summed E-state index contributed by atoms with van der Waals surface area (Å²) in [6.45, 7) is 0.400. The minimum atomic E-state index is -0.680. The molecule has 0 aliphatic rings. The highest BCUT2D eigenvalue weighted by Gasteiger charge is 2.03. The molecule has 0 aromatic heterocycles. The van der Waals surface area contributed by atoms with Crippen molar-refractivity contribution in [1.82, 2.24) is 5.32 Å². The second-order valence-electron chi connectivity index (χ2n) is 3.37. The number of amides is 1. The van der Waals surface area contributed by atoms with Gasteiger partial charge in [0.05, 0.1) is 7.85 Å². The number of para-hydroxylation sites is 1. The molecule has 1 aromatic carbocycles. The molecule has 1 atom stereocenters. The molecular weight excluding hydrogens is 203 g/mol. The van der Waals surface area contributed by atoms with Crippen molar-refractivity contribution in [2.45, 2.75) is 19.0 Å². The Morgan fingerprint density at radius 3 is 2.69 bits per heavy atom. The van der Waals surface area contributed by atoms with E-state index in [9.17, 15) is 9.90 Å². The lowest BCUT2D eigenvalue weighted by molar-refractivity contribution is -0.118. The van der Waals surface area contributed by atoms with Gasteiger partial charge in [0.2, 0.25) is 5.91 Å². The molecule has 0 bridgehead atoms. The van der Waals surface area contributed by atoms with Gasteiger partial charge in [-0.1, -0.05) is 18.2 Å². The van der Waals surface area contributed by atoms with Crippen molar-refractivity contribution in [2.24, 2.45) is 0 Å². The van der Waals surface area contributed by atoms with Crippen LogP contribution >= 0.6 is 0 Å². The first kappa shape index (κ1) is 12.6. The average molecular weight is 218 g/mol. The fraction of sp³-hybridized carbons (Fsp3) is 0.364. The summed E-state index contributed by atoms with van der Waals surface area (Å²) < 4.78 is 0. The summed E-state index contributed by atoms with van der Waals surface area (Å²) in [5.74, 6) is -0.216. The van der Waals surface area contributed by atoms with Crippen LogP contribution in [0.4, 0.5) is 5.69 Å². The van der Waals surface area contributed by atoms with Crippen LogP contribution in [-0.2, 0) is 4.79 Å². The van der Waals surface area contributed by atoms with Crippen molar-refractivity contribution in [3.8, 4) is 0 Å². The monoisotopic (exact) mass is 218 g/mol. The Labute approximate surface area is 96.5 Å². The highest BCUT2D eigenvalue weighted by Crippen LogP contribution is 2.06. The van der Waals surface area contributed by atoms with E-state index in [4.69, 9.17) is 7.85 Å². The van der Waals surface area contributed by atoms with Gasteiger partial charge in [0.1, 0.15) is 6.23 Å². The van der Waals surface area contributed by atoms with E-state index in [0.717, 1.165) is 5.69 Å². The zero-order valence-electron chi connectivity index (χ0n) is 9.02. The van der Waals surface area contributed by atoms with E-state index < -0.39 is 6.23 Å².